The van der Waals surface area contributed by atoms with Crippen molar-refractivity contribution in [2.75, 3.05) is 6.54 Å². The van der Waals surface area contributed by atoms with Gasteiger partial charge < -0.3 is 0 Å². The van der Waals surface area contributed by atoms with Crippen molar-refractivity contribution in [3.63, 3.8) is 0 Å². The Bertz CT molecular complexity index is 584. The van der Waals surface area contributed by atoms with Crippen LogP contribution in [0.1, 0.15) is 42.2 Å². The van der Waals surface area contributed by atoms with Gasteiger partial charge in [0.2, 0.25) is 0 Å². The number of thiophene rings is 1. The summed E-state index contributed by atoms with van der Waals surface area (Å²) in [5.41, 5.74) is 1.17. The lowest BCUT2D eigenvalue weighted by Crippen LogP contribution is -2.27. The summed E-state index contributed by atoms with van der Waals surface area (Å²) in [7, 11) is 0. The number of hydrogen-bond acceptors (Lipinski definition) is 2. The summed E-state index contributed by atoms with van der Waals surface area (Å²) in [4.78, 5) is 4.01. The second kappa shape index (κ2) is 7.03. The first-order chi connectivity index (χ1) is 10.2. The van der Waals surface area contributed by atoms with E-state index in [1.807, 2.05) is 23.5 Å². The van der Waals surface area contributed by atoms with Gasteiger partial charge in [-0.15, -0.1) is 11.3 Å². The van der Waals surface area contributed by atoms with Gasteiger partial charge >= 0.3 is 0 Å². The van der Waals surface area contributed by atoms with E-state index in [0.29, 0.717) is 10.5 Å². The summed E-state index contributed by atoms with van der Waals surface area (Å²) >= 11 is 5.14. The Labute approximate surface area is 137 Å². The third-order valence-electron chi connectivity index (χ3n) is 4.10. The Balaban J connectivity index is 1.81. The third kappa shape index (κ3) is 3.74. The largest absolute Gasteiger partial charge is 0.291 e. The van der Waals surface area contributed by atoms with Gasteiger partial charge in [0.05, 0.1) is 4.47 Å². The van der Waals surface area contributed by atoms with Crippen LogP contribution >= 0.6 is 27.3 Å². The molecule has 0 unspecified atom stereocenters. The molecule has 1 aromatic carbocycles. The molecular formula is C17H19BrFNS. The third-order valence-corrected chi connectivity index (χ3v) is 5.69. The van der Waals surface area contributed by atoms with E-state index in [0.717, 1.165) is 13.1 Å². The van der Waals surface area contributed by atoms with E-state index in [4.69, 9.17) is 0 Å². The van der Waals surface area contributed by atoms with Crippen LogP contribution in [0.5, 0.6) is 0 Å². The second-order valence-corrected chi connectivity index (χ2v) is 7.43. The molecule has 0 spiro atoms. The van der Waals surface area contributed by atoms with Crippen LogP contribution in [0, 0.1) is 5.82 Å². The maximum atomic E-state index is 13.4. The van der Waals surface area contributed by atoms with E-state index in [2.05, 4.69) is 38.3 Å². The summed E-state index contributed by atoms with van der Waals surface area (Å²) in [6, 6.07) is 10.3. The molecule has 2 heterocycles. The molecule has 0 N–H and O–H groups in total. The number of nitrogens with zero attached hydrogens (tertiary/aromatic N) is 1. The first-order valence-corrected chi connectivity index (χ1v) is 9.12. The van der Waals surface area contributed by atoms with Gasteiger partial charge in [-0.1, -0.05) is 25.0 Å². The van der Waals surface area contributed by atoms with Crippen LogP contribution in [0.3, 0.4) is 0 Å². The van der Waals surface area contributed by atoms with Crippen molar-refractivity contribution in [1.82, 2.24) is 4.90 Å². The minimum atomic E-state index is -0.190. The minimum absolute atomic E-state index is 0.190. The van der Waals surface area contributed by atoms with Crippen LogP contribution in [-0.2, 0) is 6.54 Å². The lowest BCUT2D eigenvalue weighted by atomic mass is 10.1. The second-order valence-electron chi connectivity index (χ2n) is 5.60. The summed E-state index contributed by atoms with van der Waals surface area (Å²) in [6.45, 7) is 2.01. The Hall–Kier alpha value is -0.710. The lowest BCUT2D eigenvalue weighted by molar-refractivity contribution is 0.195. The maximum Gasteiger partial charge on any atom is 0.137 e. The van der Waals surface area contributed by atoms with Crippen molar-refractivity contribution in [3.8, 4) is 0 Å². The SMILES string of the molecule is Fc1ccc(CN2CCCCC[C@H]2c2cccs2)cc1Br. The smallest absolute Gasteiger partial charge is 0.137 e. The standard InChI is InChI=1S/C17H19BrFNS/c18-14-11-13(7-8-15(14)19)12-20-9-3-1-2-5-16(20)17-6-4-10-21-17/h4,6-8,10-11,16H,1-3,5,9,12H2/t16-/m0/s1. The molecule has 0 saturated carbocycles. The average Bonchev–Trinajstić information content (AvgIpc) is 2.91. The molecular weight excluding hydrogens is 349 g/mol. The van der Waals surface area contributed by atoms with Gasteiger partial charge in [0.25, 0.3) is 0 Å². The van der Waals surface area contributed by atoms with Gasteiger partial charge in [-0.05, 0) is 64.5 Å². The quantitative estimate of drug-likeness (QED) is 0.665. The summed E-state index contributed by atoms with van der Waals surface area (Å²) in [5, 5.41) is 2.16. The van der Waals surface area contributed by atoms with Gasteiger partial charge in [0.1, 0.15) is 5.82 Å². The van der Waals surface area contributed by atoms with Gasteiger partial charge in [-0.25, -0.2) is 4.39 Å². The van der Waals surface area contributed by atoms with Crippen molar-refractivity contribution in [2.45, 2.75) is 38.3 Å². The van der Waals surface area contributed by atoms with Crippen LogP contribution in [0.4, 0.5) is 4.39 Å². The molecule has 0 aliphatic carbocycles. The van der Waals surface area contributed by atoms with Crippen LogP contribution in [-0.4, -0.2) is 11.4 Å². The van der Waals surface area contributed by atoms with E-state index < -0.39 is 0 Å². The van der Waals surface area contributed by atoms with Crippen molar-refractivity contribution in [3.05, 3.63) is 56.4 Å². The zero-order valence-corrected chi connectivity index (χ0v) is 14.3. The van der Waals surface area contributed by atoms with Crippen molar-refractivity contribution < 1.29 is 4.39 Å². The van der Waals surface area contributed by atoms with Crippen molar-refractivity contribution in [2.24, 2.45) is 0 Å². The van der Waals surface area contributed by atoms with E-state index in [9.17, 15) is 4.39 Å². The van der Waals surface area contributed by atoms with Gasteiger partial charge in [-0.3, -0.25) is 4.90 Å². The molecule has 3 rings (SSSR count). The van der Waals surface area contributed by atoms with Crippen molar-refractivity contribution >= 4 is 27.3 Å². The fourth-order valence-corrected chi connectivity index (χ4v) is 4.35. The highest BCUT2D eigenvalue weighted by atomic mass is 79.9. The van der Waals surface area contributed by atoms with Crippen LogP contribution in [0.2, 0.25) is 0 Å². The van der Waals surface area contributed by atoms with Crippen LogP contribution < -0.4 is 0 Å². The normalized spacial score (nSPS) is 20.4. The summed E-state index contributed by atoms with van der Waals surface area (Å²) in [6.07, 6.45) is 5.09. The summed E-state index contributed by atoms with van der Waals surface area (Å²) in [5.74, 6) is -0.190. The van der Waals surface area contributed by atoms with Gasteiger partial charge in [0.15, 0.2) is 0 Å². The zero-order chi connectivity index (χ0) is 14.7. The highest BCUT2D eigenvalue weighted by molar-refractivity contribution is 9.10. The molecule has 4 heteroatoms. The molecule has 112 valence electrons. The molecule has 0 bridgehead atoms. The number of benzene rings is 1. The zero-order valence-electron chi connectivity index (χ0n) is 11.9. The van der Waals surface area contributed by atoms with Crippen LogP contribution in [0.15, 0.2) is 40.2 Å². The predicted octanol–water partition coefficient (Wildman–Crippen LogP) is 5.77. The number of halogens is 2. The number of likely N-dealkylation sites (tertiary alicyclic amines) is 1. The molecule has 1 aromatic heterocycles. The highest BCUT2D eigenvalue weighted by Gasteiger charge is 2.23. The molecule has 21 heavy (non-hydrogen) atoms. The first kappa shape index (κ1) is 15.2. The predicted molar refractivity (Wildman–Crippen MR) is 90.0 cm³/mol. The van der Waals surface area contributed by atoms with E-state index in [1.165, 1.54) is 36.1 Å². The number of hydrogen-bond donors (Lipinski definition) is 0. The molecule has 1 fully saturated rings. The summed E-state index contributed by atoms with van der Waals surface area (Å²) < 4.78 is 13.9. The molecule has 1 saturated heterocycles. The molecule has 1 aliphatic heterocycles. The lowest BCUT2D eigenvalue weighted by Gasteiger charge is -2.29. The van der Waals surface area contributed by atoms with Crippen LogP contribution in [0.25, 0.3) is 0 Å². The fourth-order valence-electron chi connectivity index (χ4n) is 3.03. The Kier molecular flexibility index (Phi) is 5.09. The fraction of sp³-hybridized carbons (Fsp3) is 0.412. The van der Waals surface area contributed by atoms with E-state index >= 15 is 0 Å². The molecule has 1 nitrogen and oxygen atoms in total. The average molecular weight is 368 g/mol. The molecule has 0 amide bonds. The highest BCUT2D eigenvalue weighted by Crippen LogP contribution is 2.34. The Morgan fingerprint density at radius 3 is 2.90 bits per heavy atom. The topological polar surface area (TPSA) is 3.24 Å². The molecule has 2 aromatic rings. The first-order valence-electron chi connectivity index (χ1n) is 7.45. The Morgan fingerprint density at radius 1 is 1.24 bits per heavy atom. The molecule has 1 atom stereocenters. The monoisotopic (exact) mass is 367 g/mol. The van der Waals surface area contributed by atoms with Gasteiger partial charge in [-0.2, -0.15) is 0 Å². The molecule has 1 aliphatic rings. The Morgan fingerprint density at radius 2 is 2.14 bits per heavy atom. The van der Waals surface area contributed by atoms with Gasteiger partial charge in [0, 0.05) is 17.5 Å². The van der Waals surface area contributed by atoms with E-state index in [-0.39, 0.29) is 5.82 Å². The van der Waals surface area contributed by atoms with E-state index in [1.54, 1.807) is 6.07 Å². The minimum Gasteiger partial charge on any atom is -0.291 e. The molecule has 0 radical (unpaired) electrons. The van der Waals surface area contributed by atoms with Crippen molar-refractivity contribution in [1.29, 1.82) is 0 Å². The maximum absolute atomic E-state index is 13.4. The number of rotatable bonds is 3.